The van der Waals surface area contributed by atoms with Crippen LogP contribution in [0.25, 0.3) is 65.6 Å². The maximum Gasteiger partial charge on any atom is 0.254 e. The van der Waals surface area contributed by atoms with Crippen molar-refractivity contribution in [2.45, 2.75) is 78.1 Å². The van der Waals surface area contributed by atoms with Gasteiger partial charge in [0, 0.05) is 28.5 Å². The average molecular weight is 944 g/mol. The van der Waals surface area contributed by atoms with Crippen LogP contribution >= 0.6 is 0 Å². The Kier molecular flexibility index (Phi) is 11.9. The number of pyridine rings is 1. The standard InChI is InChI=1S/C71H63N2/c1-45(2)61-41-63(46(3)4)70(64(42-61)47(5)6)67-26-16-25-62-43-72(44-73(62)67)71-65(68(57-31-27-49-17-8-12-21-53(49)37-57)58-32-28-50-18-9-13-22-54(50)38-58)35-48(7)36-66(71)69(59-33-29-51-19-10-14-23-55(51)39-59)60-34-30-52-20-11-15-24-56(52)40-60/h8-47,68-69H,1-7H3/q+1. The molecule has 0 bridgehead atoms. The van der Waals surface area contributed by atoms with Gasteiger partial charge in [0.2, 0.25) is 0 Å². The van der Waals surface area contributed by atoms with Crippen LogP contribution in [0.5, 0.6) is 0 Å². The van der Waals surface area contributed by atoms with Crippen LogP contribution in [0, 0.1) is 6.92 Å². The fourth-order valence-corrected chi connectivity index (χ4v) is 11.9. The van der Waals surface area contributed by atoms with Gasteiger partial charge in [-0.2, -0.15) is 4.40 Å². The zero-order chi connectivity index (χ0) is 49.9. The van der Waals surface area contributed by atoms with Crippen molar-refractivity contribution in [2.24, 2.45) is 0 Å². The van der Waals surface area contributed by atoms with E-state index in [9.17, 15) is 0 Å². The van der Waals surface area contributed by atoms with E-state index in [1.807, 2.05) is 0 Å². The molecule has 0 aliphatic carbocycles. The van der Waals surface area contributed by atoms with Crippen molar-refractivity contribution in [2.75, 3.05) is 0 Å². The number of imidazole rings is 1. The summed E-state index contributed by atoms with van der Waals surface area (Å²) in [6.45, 7) is 16.4. The molecule has 0 aliphatic heterocycles. The van der Waals surface area contributed by atoms with Crippen molar-refractivity contribution < 1.29 is 4.57 Å². The molecule has 0 N–H and O–H groups in total. The maximum atomic E-state index is 2.49. The van der Waals surface area contributed by atoms with E-state index in [2.05, 4.69) is 282 Å². The van der Waals surface area contributed by atoms with Crippen LogP contribution in [0.3, 0.4) is 0 Å². The number of fused-ring (bicyclic) bond motifs is 5. The van der Waals surface area contributed by atoms with Gasteiger partial charge >= 0.3 is 0 Å². The number of nitrogens with zero attached hydrogens (tertiary/aromatic N) is 2. The molecule has 0 atom stereocenters. The molecule has 2 heteroatoms. The second kappa shape index (κ2) is 18.8. The summed E-state index contributed by atoms with van der Waals surface area (Å²) in [6.07, 6.45) is 4.78. The third-order valence-electron chi connectivity index (χ3n) is 15.6. The number of hydrogen-bond donors (Lipinski definition) is 0. The lowest BCUT2D eigenvalue weighted by Gasteiger charge is -2.27. The lowest BCUT2D eigenvalue weighted by molar-refractivity contribution is -0.595. The van der Waals surface area contributed by atoms with Gasteiger partial charge in [-0.15, -0.1) is 0 Å². The van der Waals surface area contributed by atoms with E-state index < -0.39 is 0 Å². The van der Waals surface area contributed by atoms with Crippen LogP contribution < -0.4 is 4.57 Å². The Hall–Kier alpha value is -8.07. The molecule has 0 saturated heterocycles. The Bertz CT molecular complexity index is 3680. The number of hydrogen-bond acceptors (Lipinski definition) is 0. The zero-order valence-corrected chi connectivity index (χ0v) is 43.1. The lowest BCUT2D eigenvalue weighted by atomic mass is 9.77. The van der Waals surface area contributed by atoms with Gasteiger partial charge < -0.3 is 0 Å². The second-order valence-electron chi connectivity index (χ2n) is 21.5. The van der Waals surface area contributed by atoms with Gasteiger partial charge in [0.15, 0.2) is 5.52 Å². The van der Waals surface area contributed by atoms with Crippen molar-refractivity contribution in [3.05, 3.63) is 280 Å². The average Bonchev–Trinajstić information content (AvgIpc) is 3.85. The molecule has 0 fully saturated rings. The fourth-order valence-electron chi connectivity index (χ4n) is 11.9. The van der Waals surface area contributed by atoms with Crippen LogP contribution in [-0.2, 0) is 0 Å². The minimum Gasteiger partial charge on any atom is -0.201 e. The highest BCUT2D eigenvalue weighted by molar-refractivity contribution is 5.87. The summed E-state index contributed by atoms with van der Waals surface area (Å²) < 4.78 is 4.96. The first-order valence-corrected chi connectivity index (χ1v) is 26.4. The second-order valence-corrected chi connectivity index (χ2v) is 21.5. The number of aromatic nitrogens is 2. The summed E-state index contributed by atoms with van der Waals surface area (Å²) >= 11 is 0. The quantitative estimate of drug-likeness (QED) is 0.0902. The van der Waals surface area contributed by atoms with Gasteiger partial charge in [-0.1, -0.05) is 247 Å². The van der Waals surface area contributed by atoms with Crippen molar-refractivity contribution in [3.8, 4) is 16.9 Å². The molecule has 0 spiro atoms. The Morgan fingerprint density at radius 2 is 0.726 bits per heavy atom. The molecule has 0 saturated carbocycles. The minimum absolute atomic E-state index is 0.115. The first-order valence-electron chi connectivity index (χ1n) is 26.4. The Balaban J connectivity index is 1.20. The van der Waals surface area contributed by atoms with Gasteiger partial charge in [0.05, 0.1) is 0 Å². The highest BCUT2D eigenvalue weighted by Crippen LogP contribution is 2.45. The van der Waals surface area contributed by atoms with Gasteiger partial charge in [-0.05, 0) is 119 Å². The molecule has 73 heavy (non-hydrogen) atoms. The number of rotatable bonds is 11. The van der Waals surface area contributed by atoms with Crippen LogP contribution in [0.2, 0.25) is 0 Å². The molecule has 356 valence electrons. The third-order valence-corrected chi connectivity index (χ3v) is 15.6. The van der Waals surface area contributed by atoms with Crippen LogP contribution in [0.1, 0.15) is 127 Å². The normalized spacial score (nSPS) is 12.1. The van der Waals surface area contributed by atoms with E-state index in [4.69, 9.17) is 0 Å². The highest BCUT2D eigenvalue weighted by Gasteiger charge is 2.33. The van der Waals surface area contributed by atoms with E-state index in [0.29, 0.717) is 17.8 Å². The molecule has 2 heterocycles. The molecule has 2 aromatic heterocycles. The molecular weight excluding hydrogens is 881 g/mol. The molecular formula is C71H63N2+. The first kappa shape index (κ1) is 46.0. The zero-order valence-electron chi connectivity index (χ0n) is 43.1. The summed E-state index contributed by atoms with van der Waals surface area (Å²) in [4.78, 5) is 0. The van der Waals surface area contributed by atoms with E-state index in [-0.39, 0.29) is 11.8 Å². The van der Waals surface area contributed by atoms with Crippen molar-refractivity contribution >= 4 is 48.6 Å². The summed E-state index contributed by atoms with van der Waals surface area (Å²) in [6, 6.07) is 80.5. The first-order chi connectivity index (χ1) is 35.6. The van der Waals surface area contributed by atoms with E-state index in [1.165, 1.54) is 116 Å². The Labute approximate surface area is 430 Å². The van der Waals surface area contributed by atoms with Gasteiger partial charge in [-0.25, -0.2) is 4.57 Å². The summed E-state index contributed by atoms with van der Waals surface area (Å²) in [7, 11) is 0. The van der Waals surface area contributed by atoms with Gasteiger partial charge in [0.1, 0.15) is 17.6 Å². The lowest BCUT2D eigenvalue weighted by Crippen LogP contribution is -2.33. The number of aryl methyl sites for hydroxylation is 1. The highest BCUT2D eigenvalue weighted by atomic mass is 15.1. The molecule has 0 amide bonds. The van der Waals surface area contributed by atoms with Crippen LogP contribution in [-0.4, -0.2) is 4.40 Å². The summed E-state index contributed by atoms with van der Waals surface area (Å²) in [5.41, 5.74) is 17.9. The van der Waals surface area contributed by atoms with Crippen molar-refractivity contribution in [1.82, 2.24) is 4.40 Å². The Morgan fingerprint density at radius 1 is 0.342 bits per heavy atom. The minimum atomic E-state index is -0.115. The van der Waals surface area contributed by atoms with E-state index in [0.717, 1.165) is 5.52 Å². The summed E-state index contributed by atoms with van der Waals surface area (Å²) in [5, 5.41) is 9.92. The molecule has 12 aromatic rings. The largest absolute Gasteiger partial charge is 0.254 e. The van der Waals surface area contributed by atoms with Crippen molar-refractivity contribution in [3.63, 3.8) is 0 Å². The van der Waals surface area contributed by atoms with Crippen LogP contribution in [0.15, 0.2) is 225 Å². The molecule has 10 aromatic carbocycles. The summed E-state index contributed by atoms with van der Waals surface area (Å²) in [5.74, 6) is 0.886. The van der Waals surface area contributed by atoms with E-state index >= 15 is 0 Å². The smallest absolute Gasteiger partial charge is 0.201 e. The predicted octanol–water partition coefficient (Wildman–Crippen LogP) is 18.5. The molecule has 2 nitrogen and oxygen atoms in total. The molecule has 12 rings (SSSR count). The van der Waals surface area contributed by atoms with Crippen molar-refractivity contribution in [1.29, 1.82) is 0 Å². The Morgan fingerprint density at radius 3 is 1.10 bits per heavy atom. The number of benzene rings is 10. The SMILES string of the molecule is Cc1cc(C(c2ccc3ccccc3c2)c2ccc3ccccc3c2)c(-[n+]2cc3cccc(-c4c(C(C)C)cc(C(C)C)cc4C(C)C)n3c2)c(C(c2ccc3ccccc3c2)c2ccc3ccccc3c2)c1. The molecule has 0 unspecified atom stereocenters. The van der Waals surface area contributed by atoms with Crippen LogP contribution in [0.4, 0.5) is 0 Å². The monoisotopic (exact) mass is 943 g/mol. The third kappa shape index (κ3) is 8.49. The fraction of sp³-hybridized carbons (Fsp3) is 0.169. The predicted molar refractivity (Wildman–Crippen MR) is 309 cm³/mol. The maximum absolute atomic E-state index is 2.49. The van der Waals surface area contributed by atoms with Gasteiger partial charge in [-0.3, -0.25) is 0 Å². The molecule has 0 aliphatic rings. The molecule has 0 radical (unpaired) electrons. The topological polar surface area (TPSA) is 8.29 Å². The van der Waals surface area contributed by atoms with E-state index in [1.54, 1.807) is 0 Å². The van der Waals surface area contributed by atoms with Gasteiger partial charge in [0.25, 0.3) is 6.33 Å².